The molecule has 0 aliphatic heterocycles. The predicted octanol–water partition coefficient (Wildman–Crippen LogP) is 2.86. The minimum absolute atomic E-state index is 0.230. The Balaban J connectivity index is 2.07. The normalized spacial score (nSPS) is 12.5. The summed E-state index contributed by atoms with van der Waals surface area (Å²) in [6, 6.07) is 6.42. The largest absolute Gasteiger partial charge is 0.484 e. The summed E-state index contributed by atoms with van der Waals surface area (Å²) in [5.74, 6) is -0.245. The highest BCUT2D eigenvalue weighted by atomic mass is 32.1. The van der Waals surface area contributed by atoms with E-state index in [-0.39, 0.29) is 17.4 Å². The number of rotatable bonds is 6. The van der Waals surface area contributed by atoms with E-state index in [4.69, 9.17) is 4.74 Å². The molecule has 24 heavy (non-hydrogen) atoms. The molecule has 1 aromatic carbocycles. The highest BCUT2D eigenvalue weighted by molar-refractivity contribution is 7.10. The van der Waals surface area contributed by atoms with Crippen molar-refractivity contribution in [2.75, 3.05) is 13.6 Å². The third-order valence-electron chi connectivity index (χ3n) is 3.74. The number of halogens is 1. The molecule has 1 N–H and O–H groups in total. The number of aromatic nitrogens is 2. The molecule has 1 atom stereocenters. The van der Waals surface area contributed by atoms with Crippen LogP contribution in [0.15, 0.2) is 40.8 Å². The Bertz CT molecular complexity index is 893. The molecule has 2 aromatic heterocycles. The lowest BCUT2D eigenvalue weighted by Crippen LogP contribution is -2.20. The Morgan fingerprint density at radius 1 is 1.46 bits per heavy atom. The summed E-state index contributed by atoms with van der Waals surface area (Å²) in [7, 11) is 3.47. The van der Waals surface area contributed by atoms with Gasteiger partial charge in [0.05, 0.1) is 11.8 Å². The highest BCUT2D eigenvalue weighted by Crippen LogP contribution is 2.31. The zero-order chi connectivity index (χ0) is 17.1. The number of ether oxygens (including phenoxy) is 1. The highest BCUT2D eigenvalue weighted by Gasteiger charge is 2.18. The van der Waals surface area contributed by atoms with Gasteiger partial charge in [0.2, 0.25) is 0 Å². The van der Waals surface area contributed by atoms with E-state index in [0.29, 0.717) is 17.3 Å². The maximum absolute atomic E-state index is 13.9. The van der Waals surface area contributed by atoms with E-state index in [1.54, 1.807) is 18.4 Å². The van der Waals surface area contributed by atoms with Crippen LogP contribution in [0.4, 0.5) is 4.39 Å². The van der Waals surface area contributed by atoms with Gasteiger partial charge in [-0.05, 0) is 25.0 Å². The van der Waals surface area contributed by atoms with Crippen molar-refractivity contribution in [1.82, 2.24) is 14.9 Å². The van der Waals surface area contributed by atoms with Crippen LogP contribution in [0.3, 0.4) is 0 Å². The van der Waals surface area contributed by atoms with Crippen molar-refractivity contribution in [3.63, 3.8) is 0 Å². The fraction of sp³-hybridized carbons (Fsp3) is 0.294. The molecule has 0 spiro atoms. The van der Waals surface area contributed by atoms with Crippen molar-refractivity contribution in [3.8, 4) is 5.75 Å². The van der Waals surface area contributed by atoms with Crippen LogP contribution in [0.5, 0.6) is 5.75 Å². The van der Waals surface area contributed by atoms with E-state index in [9.17, 15) is 9.18 Å². The molecule has 2 heterocycles. The van der Waals surface area contributed by atoms with Gasteiger partial charge in [-0.15, -0.1) is 11.3 Å². The molecule has 0 saturated heterocycles. The summed E-state index contributed by atoms with van der Waals surface area (Å²) >= 11 is 1.57. The fourth-order valence-electron chi connectivity index (χ4n) is 2.52. The van der Waals surface area contributed by atoms with Gasteiger partial charge < -0.3 is 14.6 Å². The van der Waals surface area contributed by atoms with Gasteiger partial charge in [0.1, 0.15) is 23.1 Å². The molecule has 3 rings (SSSR count). The molecule has 126 valence electrons. The Morgan fingerprint density at radius 3 is 3.00 bits per heavy atom. The Kier molecular flexibility index (Phi) is 4.92. The van der Waals surface area contributed by atoms with Crippen molar-refractivity contribution in [1.29, 1.82) is 0 Å². The van der Waals surface area contributed by atoms with Gasteiger partial charge in [-0.2, -0.15) is 0 Å². The standard InChI is InChI=1S/C17H18FN3O2S/c1-19-6-5-13(15-4-3-7-24-15)23-14-9-11(18)8-12-16(14)17(22)21(2)10-20-12/h3-4,7-10,13,19H,5-6H2,1-2H3. The van der Waals surface area contributed by atoms with Crippen LogP contribution in [0.25, 0.3) is 10.9 Å². The number of benzene rings is 1. The summed E-state index contributed by atoms with van der Waals surface area (Å²) in [4.78, 5) is 17.6. The maximum Gasteiger partial charge on any atom is 0.264 e. The van der Waals surface area contributed by atoms with Gasteiger partial charge in [0.25, 0.3) is 5.56 Å². The number of nitrogens with one attached hydrogen (secondary N) is 1. The molecule has 0 bridgehead atoms. The lowest BCUT2D eigenvalue weighted by Gasteiger charge is -2.19. The third kappa shape index (κ3) is 3.32. The second kappa shape index (κ2) is 7.11. The number of fused-ring (bicyclic) bond motifs is 1. The van der Waals surface area contributed by atoms with Crippen molar-refractivity contribution >= 4 is 22.2 Å². The van der Waals surface area contributed by atoms with E-state index in [0.717, 1.165) is 11.4 Å². The molecule has 1 unspecified atom stereocenters. The molecule has 3 aromatic rings. The van der Waals surface area contributed by atoms with E-state index >= 15 is 0 Å². The van der Waals surface area contributed by atoms with Crippen molar-refractivity contribution in [2.45, 2.75) is 12.5 Å². The first-order valence-electron chi connectivity index (χ1n) is 7.59. The lowest BCUT2D eigenvalue weighted by molar-refractivity contribution is 0.200. The molecule has 0 radical (unpaired) electrons. The number of hydrogen-bond acceptors (Lipinski definition) is 5. The van der Waals surface area contributed by atoms with Crippen LogP contribution in [0, 0.1) is 5.82 Å². The maximum atomic E-state index is 13.9. The third-order valence-corrected chi connectivity index (χ3v) is 4.70. The Labute approximate surface area is 142 Å². The minimum Gasteiger partial charge on any atom is -0.484 e. The second-order valence-electron chi connectivity index (χ2n) is 5.47. The first-order valence-corrected chi connectivity index (χ1v) is 8.47. The predicted molar refractivity (Wildman–Crippen MR) is 93.2 cm³/mol. The van der Waals surface area contributed by atoms with Crippen molar-refractivity contribution < 1.29 is 9.13 Å². The van der Waals surface area contributed by atoms with Crippen molar-refractivity contribution in [3.05, 3.63) is 57.0 Å². The van der Waals surface area contributed by atoms with E-state index in [1.807, 2.05) is 24.6 Å². The average Bonchev–Trinajstić information content (AvgIpc) is 3.09. The first kappa shape index (κ1) is 16.6. The molecule has 7 heteroatoms. The van der Waals surface area contributed by atoms with Crippen LogP contribution < -0.4 is 15.6 Å². The smallest absolute Gasteiger partial charge is 0.264 e. The molecule has 0 fully saturated rings. The van der Waals surface area contributed by atoms with Crippen LogP contribution in [-0.2, 0) is 7.05 Å². The average molecular weight is 347 g/mol. The van der Waals surface area contributed by atoms with Crippen LogP contribution in [0.2, 0.25) is 0 Å². The van der Waals surface area contributed by atoms with E-state index < -0.39 is 5.82 Å². The topological polar surface area (TPSA) is 56.1 Å². The Hall–Kier alpha value is -2.25. The summed E-state index contributed by atoms with van der Waals surface area (Å²) in [6.07, 6.45) is 1.83. The summed E-state index contributed by atoms with van der Waals surface area (Å²) in [6.45, 7) is 0.742. The van der Waals surface area contributed by atoms with Gasteiger partial charge in [-0.3, -0.25) is 4.79 Å². The molecule has 0 aliphatic rings. The summed E-state index contributed by atoms with van der Waals surface area (Å²) in [5, 5.41) is 5.35. The number of thiophene rings is 1. The SMILES string of the molecule is CNCCC(Oc1cc(F)cc2ncn(C)c(=O)c12)c1cccs1. The summed E-state index contributed by atoms with van der Waals surface area (Å²) in [5.41, 5.74) is 0.0418. The Morgan fingerprint density at radius 2 is 2.29 bits per heavy atom. The molecular formula is C17H18FN3O2S. The zero-order valence-electron chi connectivity index (χ0n) is 13.5. The quantitative estimate of drug-likeness (QED) is 0.745. The van der Waals surface area contributed by atoms with Gasteiger partial charge in [-0.25, -0.2) is 9.37 Å². The molecular weight excluding hydrogens is 329 g/mol. The second-order valence-corrected chi connectivity index (χ2v) is 6.45. The fourth-order valence-corrected chi connectivity index (χ4v) is 3.31. The zero-order valence-corrected chi connectivity index (χ0v) is 14.3. The van der Waals surface area contributed by atoms with E-state index in [1.165, 1.54) is 23.0 Å². The van der Waals surface area contributed by atoms with Gasteiger partial charge in [-0.1, -0.05) is 6.07 Å². The van der Waals surface area contributed by atoms with Crippen molar-refractivity contribution in [2.24, 2.45) is 7.05 Å². The molecule has 0 amide bonds. The molecule has 5 nitrogen and oxygen atoms in total. The van der Waals surface area contributed by atoms with Gasteiger partial charge in [0, 0.05) is 30.5 Å². The van der Waals surface area contributed by atoms with Crippen LogP contribution >= 0.6 is 11.3 Å². The lowest BCUT2D eigenvalue weighted by atomic mass is 10.2. The number of hydrogen-bond donors (Lipinski definition) is 1. The van der Waals surface area contributed by atoms with Gasteiger partial charge >= 0.3 is 0 Å². The minimum atomic E-state index is -0.475. The number of nitrogens with zero attached hydrogens (tertiary/aromatic N) is 2. The number of aryl methyl sites for hydroxylation is 1. The van der Waals surface area contributed by atoms with E-state index in [2.05, 4.69) is 10.3 Å². The molecule has 0 aliphatic carbocycles. The van der Waals surface area contributed by atoms with Gasteiger partial charge in [0.15, 0.2) is 0 Å². The molecule has 0 saturated carbocycles. The summed E-state index contributed by atoms with van der Waals surface area (Å²) < 4.78 is 21.4. The monoisotopic (exact) mass is 347 g/mol. The van der Waals surface area contributed by atoms with Crippen LogP contribution in [0.1, 0.15) is 17.4 Å². The first-order chi connectivity index (χ1) is 11.6. The van der Waals surface area contributed by atoms with Crippen LogP contribution in [-0.4, -0.2) is 23.1 Å².